The highest BCUT2D eigenvalue weighted by Crippen LogP contribution is 2.24. The molecule has 1 aromatic rings. The monoisotopic (exact) mass is 265 g/mol. The highest BCUT2D eigenvalue weighted by molar-refractivity contribution is 5.62. The Bertz CT molecular complexity index is 435. The predicted molar refractivity (Wildman–Crippen MR) is 78.7 cm³/mol. The molecule has 0 saturated heterocycles. The van der Waals surface area contributed by atoms with Gasteiger partial charge in [-0.3, -0.25) is 10.1 Å². The van der Waals surface area contributed by atoms with Crippen LogP contribution >= 0.6 is 0 Å². The highest BCUT2D eigenvalue weighted by Gasteiger charge is 2.13. The summed E-state index contributed by atoms with van der Waals surface area (Å²) in [6.07, 6.45) is 1.10. The third kappa shape index (κ3) is 4.52. The van der Waals surface area contributed by atoms with Crippen LogP contribution in [0.3, 0.4) is 0 Å². The van der Waals surface area contributed by atoms with Crippen molar-refractivity contribution in [3.05, 3.63) is 33.9 Å². The van der Waals surface area contributed by atoms with E-state index in [4.69, 9.17) is 0 Å². The van der Waals surface area contributed by atoms with Gasteiger partial charge in [-0.05, 0) is 38.9 Å². The van der Waals surface area contributed by atoms with Gasteiger partial charge >= 0.3 is 0 Å². The number of nitrogens with one attached hydrogen (secondary N) is 1. The molecule has 1 rings (SSSR count). The lowest BCUT2D eigenvalue weighted by molar-refractivity contribution is -0.384. The lowest BCUT2D eigenvalue weighted by atomic mass is 10.2. The number of anilines is 1. The zero-order valence-electron chi connectivity index (χ0n) is 12.1. The third-order valence-corrected chi connectivity index (χ3v) is 3.47. The Hall–Kier alpha value is -1.62. The van der Waals surface area contributed by atoms with Crippen LogP contribution in [0.1, 0.15) is 25.8 Å². The summed E-state index contributed by atoms with van der Waals surface area (Å²) < 4.78 is 0. The van der Waals surface area contributed by atoms with Gasteiger partial charge in [0.2, 0.25) is 0 Å². The van der Waals surface area contributed by atoms with E-state index >= 15 is 0 Å². The van der Waals surface area contributed by atoms with Crippen molar-refractivity contribution in [3.63, 3.8) is 0 Å². The normalized spacial score (nSPS) is 12.5. The smallest absolute Gasteiger partial charge is 0.292 e. The van der Waals surface area contributed by atoms with E-state index in [-0.39, 0.29) is 10.6 Å². The molecule has 0 spiro atoms. The molecule has 0 aliphatic carbocycles. The first kappa shape index (κ1) is 15.4. The Morgan fingerprint density at radius 2 is 2.16 bits per heavy atom. The number of hydrogen-bond donors (Lipinski definition) is 1. The first-order valence-corrected chi connectivity index (χ1v) is 6.64. The van der Waals surface area contributed by atoms with Crippen molar-refractivity contribution in [1.29, 1.82) is 0 Å². The van der Waals surface area contributed by atoms with Gasteiger partial charge in [0.1, 0.15) is 5.69 Å². The standard InChI is InChI=1S/C14H23N3O2/c1-5-12(3)16(4)9-8-15-13-10-11(2)6-7-14(13)17(18)19/h6-7,10,12,15H,5,8-9H2,1-4H3. The van der Waals surface area contributed by atoms with Crippen LogP contribution in [0.25, 0.3) is 0 Å². The van der Waals surface area contributed by atoms with Gasteiger partial charge in [-0.25, -0.2) is 0 Å². The topological polar surface area (TPSA) is 58.4 Å². The number of benzene rings is 1. The maximum Gasteiger partial charge on any atom is 0.292 e. The molecule has 106 valence electrons. The SMILES string of the molecule is CCC(C)N(C)CCNc1cc(C)ccc1[N+](=O)[O-]. The van der Waals surface area contributed by atoms with E-state index in [0.717, 1.165) is 18.5 Å². The summed E-state index contributed by atoms with van der Waals surface area (Å²) >= 11 is 0. The van der Waals surface area contributed by atoms with Gasteiger partial charge < -0.3 is 10.2 Å². The van der Waals surface area contributed by atoms with Crippen LogP contribution in [0.5, 0.6) is 0 Å². The van der Waals surface area contributed by atoms with Gasteiger partial charge in [-0.1, -0.05) is 13.0 Å². The number of nitro groups is 1. The van der Waals surface area contributed by atoms with Crippen molar-refractivity contribution in [1.82, 2.24) is 4.90 Å². The zero-order valence-corrected chi connectivity index (χ0v) is 12.1. The van der Waals surface area contributed by atoms with Crippen LogP contribution in [-0.4, -0.2) is 36.0 Å². The van der Waals surface area contributed by atoms with Gasteiger partial charge in [0.05, 0.1) is 4.92 Å². The fourth-order valence-corrected chi connectivity index (χ4v) is 1.85. The Morgan fingerprint density at radius 3 is 2.74 bits per heavy atom. The second-order valence-electron chi connectivity index (χ2n) is 4.94. The number of hydrogen-bond acceptors (Lipinski definition) is 4. The average molecular weight is 265 g/mol. The van der Waals surface area contributed by atoms with Gasteiger partial charge in [-0.2, -0.15) is 0 Å². The minimum Gasteiger partial charge on any atom is -0.378 e. The summed E-state index contributed by atoms with van der Waals surface area (Å²) in [5, 5.41) is 14.1. The van der Waals surface area contributed by atoms with Crippen molar-refractivity contribution in [2.75, 3.05) is 25.5 Å². The summed E-state index contributed by atoms with van der Waals surface area (Å²) in [4.78, 5) is 12.8. The van der Waals surface area contributed by atoms with Crippen molar-refractivity contribution >= 4 is 11.4 Å². The molecule has 19 heavy (non-hydrogen) atoms. The summed E-state index contributed by atoms with van der Waals surface area (Å²) in [5.74, 6) is 0. The number of likely N-dealkylation sites (N-methyl/N-ethyl adjacent to an activating group) is 1. The Morgan fingerprint density at radius 1 is 1.47 bits per heavy atom. The van der Waals surface area contributed by atoms with E-state index in [1.165, 1.54) is 0 Å². The second-order valence-corrected chi connectivity index (χ2v) is 4.94. The first-order chi connectivity index (χ1) is 8.95. The molecule has 0 amide bonds. The van der Waals surface area contributed by atoms with E-state index in [2.05, 4.69) is 31.1 Å². The van der Waals surface area contributed by atoms with Crippen LogP contribution in [0.2, 0.25) is 0 Å². The molecule has 0 bridgehead atoms. The number of aryl methyl sites for hydroxylation is 1. The Kier molecular flexibility index (Phi) is 5.76. The molecule has 0 aliphatic heterocycles. The molecule has 0 heterocycles. The molecule has 5 heteroatoms. The van der Waals surface area contributed by atoms with Crippen LogP contribution in [-0.2, 0) is 0 Å². The second kappa shape index (κ2) is 7.09. The molecule has 1 N–H and O–H groups in total. The van der Waals surface area contributed by atoms with Gasteiger partial charge in [-0.15, -0.1) is 0 Å². The molecule has 0 aliphatic rings. The maximum absolute atomic E-state index is 10.9. The number of nitrogens with zero attached hydrogens (tertiary/aromatic N) is 2. The minimum absolute atomic E-state index is 0.136. The summed E-state index contributed by atoms with van der Waals surface area (Å²) in [5.41, 5.74) is 1.75. The third-order valence-electron chi connectivity index (χ3n) is 3.47. The van der Waals surface area contributed by atoms with Gasteiger partial charge in [0.15, 0.2) is 0 Å². The van der Waals surface area contributed by atoms with Crippen LogP contribution < -0.4 is 5.32 Å². The van der Waals surface area contributed by atoms with E-state index in [9.17, 15) is 10.1 Å². The van der Waals surface area contributed by atoms with Gasteiger partial charge in [0, 0.05) is 25.2 Å². The summed E-state index contributed by atoms with van der Waals surface area (Å²) in [6, 6.07) is 5.65. The van der Waals surface area contributed by atoms with E-state index < -0.39 is 0 Å². The lowest BCUT2D eigenvalue weighted by Gasteiger charge is -2.23. The minimum atomic E-state index is -0.347. The quantitative estimate of drug-likeness (QED) is 0.608. The number of nitro benzene ring substituents is 1. The highest BCUT2D eigenvalue weighted by atomic mass is 16.6. The molecular weight excluding hydrogens is 242 g/mol. The molecule has 0 saturated carbocycles. The average Bonchev–Trinajstić information content (AvgIpc) is 2.37. The fourth-order valence-electron chi connectivity index (χ4n) is 1.85. The van der Waals surface area contributed by atoms with Crippen LogP contribution in [0.15, 0.2) is 18.2 Å². The van der Waals surface area contributed by atoms with Crippen LogP contribution in [0.4, 0.5) is 11.4 Å². The van der Waals surface area contributed by atoms with E-state index in [1.54, 1.807) is 12.1 Å². The summed E-state index contributed by atoms with van der Waals surface area (Å²) in [6.45, 7) is 7.82. The summed E-state index contributed by atoms with van der Waals surface area (Å²) in [7, 11) is 2.07. The molecule has 5 nitrogen and oxygen atoms in total. The molecule has 0 aromatic heterocycles. The number of rotatable bonds is 7. The lowest BCUT2D eigenvalue weighted by Crippen LogP contribution is -2.32. The molecule has 1 unspecified atom stereocenters. The maximum atomic E-state index is 10.9. The van der Waals surface area contributed by atoms with E-state index in [1.807, 2.05) is 13.0 Å². The Balaban J connectivity index is 2.62. The van der Waals surface area contributed by atoms with E-state index in [0.29, 0.717) is 18.3 Å². The fraction of sp³-hybridized carbons (Fsp3) is 0.571. The largest absolute Gasteiger partial charge is 0.378 e. The molecule has 0 fully saturated rings. The van der Waals surface area contributed by atoms with Crippen molar-refractivity contribution in [3.8, 4) is 0 Å². The van der Waals surface area contributed by atoms with Crippen molar-refractivity contribution < 1.29 is 4.92 Å². The molecule has 1 atom stereocenters. The van der Waals surface area contributed by atoms with Crippen molar-refractivity contribution in [2.24, 2.45) is 0 Å². The molecule has 1 aromatic carbocycles. The van der Waals surface area contributed by atoms with Crippen molar-refractivity contribution in [2.45, 2.75) is 33.2 Å². The van der Waals surface area contributed by atoms with Gasteiger partial charge in [0.25, 0.3) is 5.69 Å². The first-order valence-electron chi connectivity index (χ1n) is 6.64. The molecule has 0 radical (unpaired) electrons. The zero-order chi connectivity index (χ0) is 14.4. The molecular formula is C14H23N3O2. The predicted octanol–water partition coefficient (Wildman–Crippen LogP) is 3.05. The van der Waals surface area contributed by atoms with Crippen LogP contribution in [0, 0.1) is 17.0 Å². The Labute approximate surface area is 114 Å².